The summed E-state index contributed by atoms with van der Waals surface area (Å²) in [6.07, 6.45) is 3.97. The fourth-order valence-electron chi connectivity index (χ4n) is 2.11. The summed E-state index contributed by atoms with van der Waals surface area (Å²) in [4.78, 5) is 44.7. The molecule has 0 atom stereocenters. The van der Waals surface area contributed by atoms with E-state index in [4.69, 9.17) is 4.74 Å². The number of likely N-dealkylation sites (N-methyl/N-ethyl adjacent to an activating group) is 1. The van der Waals surface area contributed by atoms with Gasteiger partial charge in [0.15, 0.2) is 12.3 Å². The van der Waals surface area contributed by atoms with Gasteiger partial charge in [-0.1, -0.05) is 12.1 Å². The third kappa shape index (κ3) is 6.46. The van der Waals surface area contributed by atoms with Gasteiger partial charge in [0.2, 0.25) is 5.91 Å². The Balaban J connectivity index is 1.78. The van der Waals surface area contributed by atoms with Crippen LogP contribution in [0.3, 0.4) is 0 Å². The minimum absolute atomic E-state index is 0.00890. The van der Waals surface area contributed by atoms with Gasteiger partial charge >= 0.3 is 5.97 Å². The van der Waals surface area contributed by atoms with Crippen LogP contribution in [0.1, 0.15) is 23.0 Å². The lowest BCUT2D eigenvalue weighted by atomic mass is 10.2. The molecule has 2 rings (SSSR count). The molecular formula is C18H19FN4O4. The summed E-state index contributed by atoms with van der Waals surface area (Å²) in [5.41, 5.74) is 0.724. The molecule has 1 heterocycles. The van der Waals surface area contributed by atoms with E-state index in [1.165, 1.54) is 35.6 Å². The highest BCUT2D eigenvalue weighted by Gasteiger charge is 2.18. The van der Waals surface area contributed by atoms with Crippen LogP contribution in [0.2, 0.25) is 0 Å². The molecule has 0 unspecified atom stereocenters. The van der Waals surface area contributed by atoms with Crippen molar-refractivity contribution >= 4 is 17.8 Å². The van der Waals surface area contributed by atoms with Crippen LogP contribution in [0.15, 0.2) is 42.9 Å². The summed E-state index contributed by atoms with van der Waals surface area (Å²) in [5.74, 6) is -2.02. The van der Waals surface area contributed by atoms with Crippen LogP contribution < -0.4 is 5.32 Å². The van der Waals surface area contributed by atoms with E-state index in [0.717, 1.165) is 5.56 Å². The lowest BCUT2D eigenvalue weighted by molar-refractivity contribution is -0.138. The third-order valence-corrected chi connectivity index (χ3v) is 3.57. The maximum atomic E-state index is 12.9. The van der Waals surface area contributed by atoms with Crippen LogP contribution in [-0.2, 0) is 20.9 Å². The molecule has 9 heteroatoms. The van der Waals surface area contributed by atoms with Gasteiger partial charge in [0.1, 0.15) is 5.82 Å². The Bertz CT molecular complexity index is 784. The SMILES string of the molecule is CCN(CC(=O)NCc1ccc(F)cc1)C(=O)COC(=O)c1cnccn1. The van der Waals surface area contributed by atoms with E-state index in [2.05, 4.69) is 15.3 Å². The fourth-order valence-corrected chi connectivity index (χ4v) is 2.11. The maximum Gasteiger partial charge on any atom is 0.359 e. The highest BCUT2D eigenvalue weighted by atomic mass is 19.1. The first-order valence-corrected chi connectivity index (χ1v) is 8.21. The van der Waals surface area contributed by atoms with Crippen molar-refractivity contribution in [3.63, 3.8) is 0 Å². The number of nitrogens with one attached hydrogen (secondary N) is 1. The Morgan fingerprint density at radius 1 is 1.19 bits per heavy atom. The van der Waals surface area contributed by atoms with Crippen molar-refractivity contribution in [2.24, 2.45) is 0 Å². The van der Waals surface area contributed by atoms with E-state index in [0.29, 0.717) is 0 Å². The highest BCUT2D eigenvalue weighted by molar-refractivity contribution is 5.90. The molecule has 2 aromatic rings. The second kappa shape index (κ2) is 9.95. The molecular weight excluding hydrogens is 355 g/mol. The number of carbonyl (C=O) groups excluding carboxylic acids is 3. The van der Waals surface area contributed by atoms with Crippen LogP contribution >= 0.6 is 0 Å². The number of hydrogen-bond donors (Lipinski definition) is 1. The molecule has 0 saturated heterocycles. The van der Waals surface area contributed by atoms with Gasteiger partial charge in [0.25, 0.3) is 5.91 Å². The zero-order chi connectivity index (χ0) is 19.6. The Kier molecular flexibility index (Phi) is 7.36. The average Bonchev–Trinajstić information content (AvgIpc) is 2.70. The molecule has 1 aromatic carbocycles. The highest BCUT2D eigenvalue weighted by Crippen LogP contribution is 2.02. The summed E-state index contributed by atoms with van der Waals surface area (Å²) in [6.45, 7) is 1.50. The molecule has 8 nitrogen and oxygen atoms in total. The zero-order valence-electron chi connectivity index (χ0n) is 14.7. The number of halogens is 1. The molecule has 0 aliphatic carbocycles. The number of benzene rings is 1. The number of aromatic nitrogens is 2. The summed E-state index contributed by atoms with van der Waals surface area (Å²) >= 11 is 0. The lowest BCUT2D eigenvalue weighted by Gasteiger charge is -2.20. The predicted octanol–water partition coefficient (Wildman–Crippen LogP) is 0.937. The smallest absolute Gasteiger partial charge is 0.359 e. The summed E-state index contributed by atoms with van der Waals surface area (Å²) in [5, 5.41) is 2.65. The summed E-state index contributed by atoms with van der Waals surface area (Å²) < 4.78 is 17.8. The number of rotatable bonds is 8. The molecule has 0 aliphatic heterocycles. The standard InChI is InChI=1S/C18H19FN4O4/c1-2-23(11-16(24)22-9-13-3-5-14(19)6-4-13)17(25)12-27-18(26)15-10-20-7-8-21-15/h3-8,10H,2,9,11-12H2,1H3,(H,22,24). The summed E-state index contributed by atoms with van der Waals surface area (Å²) in [6, 6.07) is 5.72. The van der Waals surface area contributed by atoms with Crippen LogP contribution in [0.25, 0.3) is 0 Å². The van der Waals surface area contributed by atoms with E-state index in [9.17, 15) is 18.8 Å². The Labute approximate surface area is 155 Å². The molecule has 0 fully saturated rings. The maximum absolute atomic E-state index is 12.9. The number of esters is 1. The Morgan fingerprint density at radius 3 is 2.56 bits per heavy atom. The van der Waals surface area contributed by atoms with Crippen molar-refractivity contribution < 1.29 is 23.5 Å². The number of nitrogens with zero attached hydrogens (tertiary/aromatic N) is 3. The number of ether oxygens (including phenoxy) is 1. The topological polar surface area (TPSA) is 101 Å². The van der Waals surface area contributed by atoms with Crippen molar-refractivity contribution in [2.45, 2.75) is 13.5 Å². The van der Waals surface area contributed by atoms with Crippen molar-refractivity contribution in [3.8, 4) is 0 Å². The van der Waals surface area contributed by atoms with Gasteiger partial charge < -0.3 is 15.0 Å². The van der Waals surface area contributed by atoms with Crippen LogP contribution in [-0.4, -0.2) is 52.3 Å². The van der Waals surface area contributed by atoms with Crippen molar-refractivity contribution in [1.29, 1.82) is 0 Å². The molecule has 1 N–H and O–H groups in total. The van der Waals surface area contributed by atoms with E-state index < -0.39 is 18.5 Å². The minimum atomic E-state index is -0.770. The van der Waals surface area contributed by atoms with Gasteiger partial charge in [-0.25, -0.2) is 14.2 Å². The van der Waals surface area contributed by atoms with Crippen LogP contribution in [0.4, 0.5) is 4.39 Å². The van der Waals surface area contributed by atoms with Gasteiger partial charge in [0, 0.05) is 25.5 Å². The molecule has 142 valence electrons. The third-order valence-electron chi connectivity index (χ3n) is 3.57. The average molecular weight is 374 g/mol. The Hall–Kier alpha value is -3.36. The van der Waals surface area contributed by atoms with Gasteiger partial charge in [-0.2, -0.15) is 0 Å². The lowest BCUT2D eigenvalue weighted by Crippen LogP contribution is -2.42. The van der Waals surface area contributed by atoms with E-state index in [-0.39, 0.29) is 37.1 Å². The first-order chi connectivity index (χ1) is 13.0. The van der Waals surface area contributed by atoms with Gasteiger partial charge in [-0.15, -0.1) is 0 Å². The van der Waals surface area contributed by atoms with Crippen LogP contribution in [0.5, 0.6) is 0 Å². The van der Waals surface area contributed by atoms with Gasteiger partial charge in [-0.05, 0) is 24.6 Å². The molecule has 1 aromatic heterocycles. The monoisotopic (exact) mass is 374 g/mol. The van der Waals surface area contributed by atoms with Crippen LogP contribution in [0, 0.1) is 5.82 Å². The van der Waals surface area contributed by atoms with E-state index in [1.807, 2.05) is 0 Å². The minimum Gasteiger partial charge on any atom is -0.451 e. The van der Waals surface area contributed by atoms with Crippen molar-refractivity contribution in [1.82, 2.24) is 20.2 Å². The zero-order valence-corrected chi connectivity index (χ0v) is 14.7. The molecule has 27 heavy (non-hydrogen) atoms. The normalized spacial score (nSPS) is 10.1. The second-order valence-corrected chi connectivity index (χ2v) is 5.48. The molecule has 2 amide bonds. The number of amides is 2. The first kappa shape index (κ1) is 20.0. The fraction of sp³-hybridized carbons (Fsp3) is 0.278. The van der Waals surface area contributed by atoms with Gasteiger partial charge in [0.05, 0.1) is 12.7 Å². The predicted molar refractivity (Wildman–Crippen MR) is 92.8 cm³/mol. The van der Waals surface area contributed by atoms with E-state index in [1.54, 1.807) is 19.1 Å². The Morgan fingerprint density at radius 2 is 1.93 bits per heavy atom. The number of hydrogen-bond acceptors (Lipinski definition) is 6. The number of carbonyl (C=O) groups is 3. The largest absolute Gasteiger partial charge is 0.451 e. The second-order valence-electron chi connectivity index (χ2n) is 5.48. The molecule has 0 spiro atoms. The molecule has 0 bridgehead atoms. The van der Waals surface area contributed by atoms with Crippen molar-refractivity contribution in [2.75, 3.05) is 19.7 Å². The molecule has 0 radical (unpaired) electrons. The molecule has 0 saturated carbocycles. The van der Waals surface area contributed by atoms with Gasteiger partial charge in [-0.3, -0.25) is 14.6 Å². The van der Waals surface area contributed by atoms with E-state index >= 15 is 0 Å². The van der Waals surface area contributed by atoms with Crippen molar-refractivity contribution in [3.05, 3.63) is 59.9 Å². The molecule has 0 aliphatic rings. The summed E-state index contributed by atoms with van der Waals surface area (Å²) in [7, 11) is 0. The first-order valence-electron chi connectivity index (χ1n) is 8.21. The quantitative estimate of drug-likeness (QED) is 0.690.